The fraction of sp³-hybridized carbons (Fsp3) is 0.588. The van der Waals surface area contributed by atoms with Crippen LogP contribution < -0.4 is 4.74 Å². The lowest BCUT2D eigenvalue weighted by molar-refractivity contribution is 0.0989. The molecule has 0 N–H and O–H groups in total. The molecule has 0 atom stereocenters. The van der Waals surface area contributed by atoms with E-state index < -0.39 is 0 Å². The quantitative estimate of drug-likeness (QED) is 0.555. The molecule has 0 fully saturated rings. The maximum absolute atomic E-state index is 12.0. The molecule has 1 aromatic carbocycles. The molecule has 1 rings (SSSR count). The molecule has 0 aliphatic carbocycles. The number of alkyl halides is 1. The van der Waals surface area contributed by atoms with Crippen molar-refractivity contribution >= 4 is 17.4 Å². The van der Waals surface area contributed by atoms with Gasteiger partial charge in [-0.2, -0.15) is 0 Å². The van der Waals surface area contributed by atoms with E-state index in [0.29, 0.717) is 30.4 Å². The number of halogens is 1. The highest BCUT2D eigenvalue weighted by molar-refractivity contribution is 6.19. The molecule has 20 heavy (non-hydrogen) atoms. The topological polar surface area (TPSA) is 26.3 Å². The van der Waals surface area contributed by atoms with Gasteiger partial charge in [-0.25, -0.2) is 0 Å². The number of Topliss-reactive ketones (excluding diaryl/α,β-unsaturated/α-hetero) is 1. The number of carbonyl (C=O) groups is 1. The third-order valence-electron chi connectivity index (χ3n) is 3.00. The summed E-state index contributed by atoms with van der Waals surface area (Å²) >= 11 is 5.65. The summed E-state index contributed by atoms with van der Waals surface area (Å²) in [4.78, 5) is 12.0. The SMILES string of the molecule is CC(C)COc1ccc(C(=O)CCCl)cc1C(C)(C)C. The lowest BCUT2D eigenvalue weighted by Crippen LogP contribution is -2.16. The average Bonchev–Trinajstić information content (AvgIpc) is 2.35. The van der Waals surface area contributed by atoms with Crippen LogP contribution >= 0.6 is 11.6 Å². The predicted molar refractivity (Wildman–Crippen MR) is 85.1 cm³/mol. The van der Waals surface area contributed by atoms with Gasteiger partial charge in [0, 0.05) is 23.4 Å². The first-order valence-electron chi connectivity index (χ1n) is 7.12. The number of hydrogen-bond acceptors (Lipinski definition) is 2. The second kappa shape index (κ2) is 7.12. The number of hydrogen-bond donors (Lipinski definition) is 0. The number of ether oxygens (including phenoxy) is 1. The van der Waals surface area contributed by atoms with E-state index in [0.717, 1.165) is 11.3 Å². The highest BCUT2D eigenvalue weighted by atomic mass is 35.5. The van der Waals surface area contributed by atoms with Gasteiger partial charge in [-0.05, 0) is 29.5 Å². The summed E-state index contributed by atoms with van der Waals surface area (Å²) in [5.41, 5.74) is 1.72. The molecule has 0 saturated heterocycles. The molecule has 0 aliphatic rings. The maximum atomic E-state index is 12.0. The van der Waals surface area contributed by atoms with Crippen molar-refractivity contribution < 1.29 is 9.53 Å². The van der Waals surface area contributed by atoms with E-state index in [4.69, 9.17) is 16.3 Å². The van der Waals surface area contributed by atoms with E-state index in [-0.39, 0.29) is 11.2 Å². The molecule has 0 aliphatic heterocycles. The van der Waals surface area contributed by atoms with Crippen molar-refractivity contribution in [2.24, 2.45) is 5.92 Å². The van der Waals surface area contributed by atoms with Crippen molar-refractivity contribution in [2.75, 3.05) is 12.5 Å². The van der Waals surface area contributed by atoms with E-state index in [1.54, 1.807) is 0 Å². The Morgan fingerprint density at radius 2 is 1.95 bits per heavy atom. The molecule has 0 heterocycles. The number of rotatable bonds is 6. The van der Waals surface area contributed by atoms with Crippen LogP contribution in [0.1, 0.15) is 57.0 Å². The highest BCUT2D eigenvalue weighted by Crippen LogP contribution is 2.32. The summed E-state index contributed by atoms with van der Waals surface area (Å²) in [6, 6.07) is 5.69. The van der Waals surface area contributed by atoms with E-state index >= 15 is 0 Å². The molecule has 3 heteroatoms. The molecule has 1 aromatic rings. The molecule has 0 amide bonds. The van der Waals surface area contributed by atoms with E-state index in [1.165, 1.54) is 0 Å². The van der Waals surface area contributed by atoms with Gasteiger partial charge in [0.1, 0.15) is 5.75 Å². The van der Waals surface area contributed by atoms with E-state index in [2.05, 4.69) is 34.6 Å². The van der Waals surface area contributed by atoms with Crippen molar-refractivity contribution in [3.63, 3.8) is 0 Å². The molecule has 0 unspecified atom stereocenters. The van der Waals surface area contributed by atoms with Gasteiger partial charge >= 0.3 is 0 Å². The van der Waals surface area contributed by atoms with Crippen LogP contribution in [-0.2, 0) is 5.41 Å². The monoisotopic (exact) mass is 296 g/mol. The van der Waals surface area contributed by atoms with Crippen LogP contribution in [0.15, 0.2) is 18.2 Å². The van der Waals surface area contributed by atoms with Gasteiger partial charge in [0.25, 0.3) is 0 Å². The minimum absolute atomic E-state index is 0.0659. The van der Waals surface area contributed by atoms with E-state index in [9.17, 15) is 4.79 Å². The second-order valence-electron chi connectivity index (χ2n) is 6.53. The average molecular weight is 297 g/mol. The lowest BCUT2D eigenvalue weighted by Gasteiger charge is -2.24. The summed E-state index contributed by atoms with van der Waals surface area (Å²) in [5.74, 6) is 1.78. The zero-order valence-corrected chi connectivity index (χ0v) is 13.9. The largest absolute Gasteiger partial charge is 0.493 e. The van der Waals surface area contributed by atoms with Gasteiger partial charge in [0.15, 0.2) is 5.78 Å². The Morgan fingerprint density at radius 3 is 2.45 bits per heavy atom. The Bertz CT molecular complexity index is 459. The highest BCUT2D eigenvalue weighted by Gasteiger charge is 2.21. The number of ketones is 1. The Balaban J connectivity index is 3.10. The van der Waals surface area contributed by atoms with Crippen LogP contribution in [0, 0.1) is 5.92 Å². The van der Waals surface area contributed by atoms with Crippen molar-refractivity contribution in [3.05, 3.63) is 29.3 Å². The zero-order chi connectivity index (χ0) is 15.3. The summed E-state index contributed by atoms with van der Waals surface area (Å²) in [6.45, 7) is 11.3. The van der Waals surface area contributed by atoms with Gasteiger partial charge in [-0.15, -0.1) is 11.6 Å². The standard InChI is InChI=1S/C17H25ClO2/c1-12(2)11-20-16-7-6-13(15(19)8-9-18)10-14(16)17(3,4)5/h6-7,10,12H,8-9,11H2,1-5H3. The Morgan fingerprint density at radius 1 is 1.30 bits per heavy atom. The van der Waals surface area contributed by atoms with Crippen LogP contribution in [0.25, 0.3) is 0 Å². The number of benzene rings is 1. The second-order valence-corrected chi connectivity index (χ2v) is 6.91. The minimum Gasteiger partial charge on any atom is -0.493 e. The molecule has 2 nitrogen and oxygen atoms in total. The molecule has 0 saturated carbocycles. The van der Waals surface area contributed by atoms with Gasteiger partial charge in [0.2, 0.25) is 0 Å². The van der Waals surface area contributed by atoms with Crippen molar-refractivity contribution in [3.8, 4) is 5.75 Å². The van der Waals surface area contributed by atoms with Crippen LogP contribution in [0.4, 0.5) is 0 Å². The van der Waals surface area contributed by atoms with Gasteiger partial charge in [-0.3, -0.25) is 4.79 Å². The molecule has 0 spiro atoms. The predicted octanol–water partition coefficient (Wildman–Crippen LogP) is 4.83. The van der Waals surface area contributed by atoms with Crippen molar-refractivity contribution in [1.82, 2.24) is 0 Å². The lowest BCUT2D eigenvalue weighted by atomic mass is 9.85. The third-order valence-corrected chi connectivity index (χ3v) is 3.19. The van der Waals surface area contributed by atoms with Gasteiger partial charge in [0.05, 0.1) is 6.61 Å². The van der Waals surface area contributed by atoms with Crippen molar-refractivity contribution in [2.45, 2.75) is 46.5 Å². The third kappa shape index (κ3) is 4.82. The van der Waals surface area contributed by atoms with Gasteiger partial charge < -0.3 is 4.74 Å². The molecular weight excluding hydrogens is 272 g/mol. The van der Waals surface area contributed by atoms with Crippen LogP contribution in [0.3, 0.4) is 0 Å². The smallest absolute Gasteiger partial charge is 0.164 e. The first-order valence-corrected chi connectivity index (χ1v) is 7.65. The molecule has 0 bridgehead atoms. The summed E-state index contributed by atoms with van der Waals surface area (Å²) in [5, 5.41) is 0. The van der Waals surface area contributed by atoms with E-state index in [1.807, 2.05) is 18.2 Å². The first kappa shape index (κ1) is 17.0. The van der Waals surface area contributed by atoms with Crippen molar-refractivity contribution in [1.29, 1.82) is 0 Å². The van der Waals surface area contributed by atoms with Crippen LogP contribution in [0.2, 0.25) is 0 Å². The first-order chi connectivity index (χ1) is 9.25. The Labute approximate surface area is 127 Å². The maximum Gasteiger partial charge on any atom is 0.164 e. The fourth-order valence-corrected chi connectivity index (χ4v) is 2.07. The van der Waals surface area contributed by atoms with Crippen LogP contribution in [-0.4, -0.2) is 18.3 Å². The Hall–Kier alpha value is -1.02. The zero-order valence-electron chi connectivity index (χ0n) is 13.1. The summed E-state index contributed by atoms with van der Waals surface area (Å²) in [6.07, 6.45) is 0.372. The summed E-state index contributed by atoms with van der Waals surface area (Å²) < 4.78 is 5.88. The van der Waals surface area contributed by atoms with Crippen LogP contribution in [0.5, 0.6) is 5.75 Å². The molecule has 0 radical (unpaired) electrons. The Kier molecular flexibility index (Phi) is 6.07. The number of carbonyl (C=O) groups excluding carboxylic acids is 1. The summed E-state index contributed by atoms with van der Waals surface area (Å²) in [7, 11) is 0. The molecule has 112 valence electrons. The molecule has 0 aromatic heterocycles. The fourth-order valence-electron chi connectivity index (χ4n) is 1.90. The van der Waals surface area contributed by atoms with Gasteiger partial charge in [-0.1, -0.05) is 34.6 Å². The molecular formula is C17H25ClO2. The minimum atomic E-state index is -0.0659. The normalized spacial score (nSPS) is 11.8.